The maximum atomic E-state index is 12.0. The summed E-state index contributed by atoms with van der Waals surface area (Å²) in [5.74, 6) is 1.37. The molecule has 2 atom stereocenters. The number of ether oxygens (including phenoxy) is 2. The summed E-state index contributed by atoms with van der Waals surface area (Å²) in [5.41, 5.74) is 2.57. The van der Waals surface area contributed by atoms with E-state index in [-0.39, 0.29) is 25.2 Å². The van der Waals surface area contributed by atoms with Crippen LogP contribution in [0.15, 0.2) is 48.5 Å². The van der Waals surface area contributed by atoms with Crippen LogP contribution in [0.25, 0.3) is 0 Å². The molecule has 0 heterocycles. The van der Waals surface area contributed by atoms with Gasteiger partial charge in [-0.15, -0.1) is 0 Å². The Kier molecular flexibility index (Phi) is 10.00. The number of hydrogen-bond acceptors (Lipinski definition) is 6. The minimum Gasteiger partial charge on any atom is -0.491 e. The van der Waals surface area contributed by atoms with Crippen molar-refractivity contribution in [2.24, 2.45) is 0 Å². The van der Waals surface area contributed by atoms with Crippen LogP contribution < -0.4 is 20.1 Å². The zero-order chi connectivity index (χ0) is 23.5. The predicted molar refractivity (Wildman–Crippen MR) is 130 cm³/mol. The Morgan fingerprint density at radius 1 is 1.12 bits per heavy atom. The van der Waals surface area contributed by atoms with Gasteiger partial charge in [0.15, 0.2) is 6.61 Å². The van der Waals surface area contributed by atoms with E-state index in [1.54, 1.807) is 0 Å². The van der Waals surface area contributed by atoms with Crippen molar-refractivity contribution in [1.29, 1.82) is 0 Å². The summed E-state index contributed by atoms with van der Waals surface area (Å²) in [6.45, 7) is 2.16. The largest absolute Gasteiger partial charge is 0.491 e. The maximum absolute atomic E-state index is 12.0. The highest BCUT2D eigenvalue weighted by Crippen LogP contribution is 2.25. The molecule has 0 radical (unpaired) electrons. The second kappa shape index (κ2) is 13.2. The van der Waals surface area contributed by atoms with E-state index in [1.165, 1.54) is 11.1 Å². The van der Waals surface area contributed by atoms with E-state index < -0.39 is 6.10 Å². The average molecular weight is 456 g/mol. The summed E-state index contributed by atoms with van der Waals surface area (Å²) >= 11 is 0. The van der Waals surface area contributed by atoms with Crippen LogP contribution in [0, 0.1) is 0 Å². The maximum Gasteiger partial charge on any atom is 0.257 e. The standard InChI is InChI=1S/C26H37N3O4/c1-29(2)14-13-27-26(31)19-33-25-12-11-20-7-6-8-22(15-21(20)16-25)28-17-23(30)18-32-24-9-4-3-5-10-24/h3-5,9-12,16,22-23,28,30H,6-8,13-15,17-19H2,1-2H3,(H,27,31)/t22?,23-/m0/s1. The number of nitrogens with zero attached hydrogens (tertiary/aromatic N) is 1. The van der Waals surface area contributed by atoms with Crippen molar-refractivity contribution in [3.8, 4) is 11.5 Å². The fraction of sp³-hybridized carbons (Fsp3) is 0.500. The lowest BCUT2D eigenvalue weighted by Gasteiger charge is -2.20. The molecule has 7 heteroatoms. The Morgan fingerprint density at radius 3 is 2.73 bits per heavy atom. The molecule has 1 aliphatic carbocycles. The number of benzene rings is 2. The van der Waals surface area contributed by atoms with Crippen molar-refractivity contribution in [3.63, 3.8) is 0 Å². The van der Waals surface area contributed by atoms with Gasteiger partial charge >= 0.3 is 0 Å². The van der Waals surface area contributed by atoms with Crippen LogP contribution in [-0.2, 0) is 17.6 Å². The first kappa shape index (κ1) is 25.0. The van der Waals surface area contributed by atoms with E-state index in [4.69, 9.17) is 9.47 Å². The van der Waals surface area contributed by atoms with Gasteiger partial charge in [-0.1, -0.05) is 24.3 Å². The molecule has 3 rings (SSSR count). The summed E-state index contributed by atoms with van der Waals surface area (Å²) in [4.78, 5) is 14.0. The number of hydrogen-bond donors (Lipinski definition) is 3. The third-order valence-corrected chi connectivity index (χ3v) is 5.72. The topological polar surface area (TPSA) is 83.1 Å². The van der Waals surface area contributed by atoms with Crippen LogP contribution in [0.1, 0.15) is 24.0 Å². The molecule has 1 unspecified atom stereocenters. The third kappa shape index (κ3) is 9.04. The number of likely N-dealkylation sites (N-methyl/N-ethyl adjacent to an activating group) is 1. The monoisotopic (exact) mass is 455 g/mol. The first-order chi connectivity index (χ1) is 16.0. The number of amides is 1. The Labute approximate surface area is 197 Å². The molecule has 1 aliphatic rings. The van der Waals surface area contributed by atoms with E-state index >= 15 is 0 Å². The normalized spacial score (nSPS) is 16.5. The highest BCUT2D eigenvalue weighted by molar-refractivity contribution is 5.77. The molecule has 0 bridgehead atoms. The van der Waals surface area contributed by atoms with Crippen molar-refractivity contribution < 1.29 is 19.4 Å². The summed E-state index contributed by atoms with van der Waals surface area (Å²) in [5, 5.41) is 16.7. The summed E-state index contributed by atoms with van der Waals surface area (Å²) in [7, 11) is 3.94. The number of nitrogens with one attached hydrogen (secondary N) is 2. The third-order valence-electron chi connectivity index (χ3n) is 5.72. The summed E-state index contributed by atoms with van der Waals surface area (Å²) in [6, 6.07) is 15.9. The summed E-state index contributed by atoms with van der Waals surface area (Å²) in [6.07, 6.45) is 3.46. The molecule has 180 valence electrons. The number of fused-ring (bicyclic) bond motifs is 1. The summed E-state index contributed by atoms with van der Waals surface area (Å²) < 4.78 is 11.4. The van der Waals surface area contributed by atoms with Gasteiger partial charge in [-0.2, -0.15) is 0 Å². The first-order valence-corrected chi connectivity index (χ1v) is 11.7. The fourth-order valence-corrected chi connectivity index (χ4v) is 3.90. The van der Waals surface area contributed by atoms with Crippen LogP contribution in [0.2, 0.25) is 0 Å². The molecule has 2 aromatic carbocycles. The van der Waals surface area contributed by atoms with Crippen molar-refractivity contribution in [2.75, 3.05) is 46.9 Å². The fourth-order valence-electron chi connectivity index (χ4n) is 3.90. The zero-order valence-corrected chi connectivity index (χ0v) is 19.8. The highest BCUT2D eigenvalue weighted by Gasteiger charge is 2.18. The highest BCUT2D eigenvalue weighted by atomic mass is 16.5. The Bertz CT molecular complexity index is 860. The van der Waals surface area contributed by atoms with Gasteiger partial charge in [-0.05, 0) is 75.2 Å². The molecule has 0 aromatic heterocycles. The minimum absolute atomic E-state index is 0.0154. The van der Waals surface area contributed by atoms with E-state index in [0.29, 0.717) is 18.8 Å². The number of rotatable bonds is 12. The second-order valence-corrected chi connectivity index (χ2v) is 8.85. The van der Waals surface area contributed by atoms with Gasteiger partial charge in [-0.3, -0.25) is 4.79 Å². The number of carbonyl (C=O) groups excluding carboxylic acids is 1. The van der Waals surface area contributed by atoms with Gasteiger partial charge in [0.25, 0.3) is 5.91 Å². The first-order valence-electron chi connectivity index (χ1n) is 11.7. The Balaban J connectivity index is 1.45. The number of aliphatic hydroxyl groups is 1. The molecule has 0 fully saturated rings. The van der Waals surface area contributed by atoms with Gasteiger partial charge in [0.2, 0.25) is 0 Å². The van der Waals surface area contributed by atoms with Gasteiger partial charge in [-0.25, -0.2) is 0 Å². The SMILES string of the molecule is CN(C)CCNC(=O)COc1ccc2c(c1)CC(NC[C@H](O)COc1ccccc1)CCC2. The smallest absolute Gasteiger partial charge is 0.257 e. The van der Waals surface area contributed by atoms with Crippen molar-refractivity contribution >= 4 is 5.91 Å². The molecule has 0 saturated carbocycles. The van der Waals surface area contributed by atoms with Crippen LogP contribution in [0.3, 0.4) is 0 Å². The molecule has 2 aromatic rings. The van der Waals surface area contributed by atoms with Gasteiger partial charge in [0.1, 0.15) is 24.2 Å². The lowest BCUT2D eigenvalue weighted by molar-refractivity contribution is -0.123. The minimum atomic E-state index is -0.575. The number of aryl methyl sites for hydroxylation is 1. The second-order valence-electron chi connectivity index (χ2n) is 8.85. The van der Waals surface area contributed by atoms with Gasteiger partial charge in [0.05, 0.1) is 0 Å². The van der Waals surface area contributed by atoms with E-state index in [1.807, 2.05) is 55.4 Å². The van der Waals surface area contributed by atoms with Crippen LogP contribution in [-0.4, -0.2) is 75.0 Å². The van der Waals surface area contributed by atoms with E-state index in [0.717, 1.165) is 38.0 Å². The molecule has 1 amide bonds. The molecule has 33 heavy (non-hydrogen) atoms. The average Bonchev–Trinajstić information content (AvgIpc) is 3.02. The molecule has 0 aliphatic heterocycles. The number of aliphatic hydroxyl groups excluding tert-OH is 1. The van der Waals surface area contributed by atoms with Crippen molar-refractivity contribution in [1.82, 2.24) is 15.5 Å². The molecule has 7 nitrogen and oxygen atoms in total. The Hall–Kier alpha value is -2.61. The molecular formula is C26H37N3O4. The quantitative estimate of drug-likeness (QED) is 0.425. The van der Waals surface area contributed by atoms with Crippen LogP contribution >= 0.6 is 0 Å². The molecule has 3 N–H and O–H groups in total. The number of para-hydroxylation sites is 1. The lowest BCUT2D eigenvalue weighted by Crippen LogP contribution is -2.39. The molecule has 0 saturated heterocycles. The lowest BCUT2D eigenvalue weighted by atomic mass is 10.0. The number of carbonyl (C=O) groups is 1. The predicted octanol–water partition coefficient (Wildman–Crippen LogP) is 2.02. The van der Waals surface area contributed by atoms with Crippen molar-refractivity contribution in [2.45, 2.75) is 37.8 Å². The van der Waals surface area contributed by atoms with Gasteiger partial charge in [0, 0.05) is 25.7 Å². The van der Waals surface area contributed by atoms with E-state index in [2.05, 4.69) is 22.8 Å². The van der Waals surface area contributed by atoms with Crippen molar-refractivity contribution in [3.05, 3.63) is 59.7 Å². The van der Waals surface area contributed by atoms with Crippen LogP contribution in [0.4, 0.5) is 0 Å². The zero-order valence-electron chi connectivity index (χ0n) is 19.8. The van der Waals surface area contributed by atoms with E-state index in [9.17, 15) is 9.90 Å². The molecule has 0 spiro atoms. The van der Waals surface area contributed by atoms with Gasteiger partial charge < -0.3 is 30.1 Å². The van der Waals surface area contributed by atoms with Crippen LogP contribution in [0.5, 0.6) is 11.5 Å². The molecular weight excluding hydrogens is 418 g/mol. The Morgan fingerprint density at radius 2 is 1.94 bits per heavy atom.